The Labute approximate surface area is 113 Å². The van der Waals surface area contributed by atoms with Crippen molar-refractivity contribution in [2.75, 3.05) is 0 Å². The zero-order valence-electron chi connectivity index (χ0n) is 10.1. The highest BCUT2D eigenvalue weighted by molar-refractivity contribution is 9.10. The van der Waals surface area contributed by atoms with Crippen molar-refractivity contribution in [1.29, 1.82) is 0 Å². The molecule has 90 valence electrons. The second-order valence-electron chi connectivity index (χ2n) is 4.13. The lowest BCUT2D eigenvalue weighted by atomic mass is 10.1. The lowest BCUT2D eigenvalue weighted by molar-refractivity contribution is 0.886. The maximum absolute atomic E-state index is 4.53. The summed E-state index contributed by atoms with van der Waals surface area (Å²) >= 11 is 3.28. The average molecular weight is 303 g/mol. The van der Waals surface area contributed by atoms with Crippen molar-refractivity contribution in [3.63, 3.8) is 0 Å². The summed E-state index contributed by atoms with van der Waals surface area (Å²) in [5, 5.41) is 0. The van der Waals surface area contributed by atoms with Crippen LogP contribution < -0.4 is 0 Å². The molecule has 2 heterocycles. The van der Waals surface area contributed by atoms with Gasteiger partial charge in [0.15, 0.2) is 4.73 Å². The summed E-state index contributed by atoms with van der Waals surface area (Å²) in [4.78, 5) is 12.9. The topological polar surface area (TPSA) is 43.6 Å². The van der Waals surface area contributed by atoms with Gasteiger partial charge < -0.3 is 4.57 Å². The fraction of sp³-hybridized carbons (Fsp3) is 0.154. The number of imidazole rings is 1. The number of hydrogen-bond acceptors (Lipinski definition) is 3. The van der Waals surface area contributed by atoms with Crippen LogP contribution in [0.3, 0.4) is 0 Å². The summed E-state index contributed by atoms with van der Waals surface area (Å²) in [5.41, 5.74) is 4.05. The van der Waals surface area contributed by atoms with E-state index in [1.807, 2.05) is 20.0 Å². The summed E-state index contributed by atoms with van der Waals surface area (Å²) in [6.45, 7) is 2.00. The van der Waals surface area contributed by atoms with Crippen LogP contribution in [0, 0.1) is 6.92 Å². The molecule has 0 aliphatic carbocycles. The van der Waals surface area contributed by atoms with E-state index in [0.717, 1.165) is 28.1 Å². The van der Waals surface area contributed by atoms with Gasteiger partial charge in [0.25, 0.3) is 0 Å². The number of aromatic nitrogens is 4. The van der Waals surface area contributed by atoms with Crippen molar-refractivity contribution >= 4 is 27.0 Å². The van der Waals surface area contributed by atoms with E-state index in [0.29, 0.717) is 4.73 Å². The molecule has 0 fully saturated rings. The molecule has 0 saturated carbocycles. The molecule has 0 aliphatic rings. The minimum atomic E-state index is 0.595. The van der Waals surface area contributed by atoms with E-state index in [1.165, 1.54) is 0 Å². The lowest BCUT2D eigenvalue weighted by Crippen LogP contribution is -1.90. The van der Waals surface area contributed by atoms with Gasteiger partial charge in [-0.3, -0.25) is 0 Å². The maximum atomic E-state index is 4.53. The Hall–Kier alpha value is -1.75. The monoisotopic (exact) mass is 302 g/mol. The summed E-state index contributed by atoms with van der Waals surface area (Å²) in [5.74, 6) is 1.01. The highest BCUT2D eigenvalue weighted by Crippen LogP contribution is 2.23. The van der Waals surface area contributed by atoms with Crippen LogP contribution in [0.4, 0.5) is 0 Å². The van der Waals surface area contributed by atoms with Gasteiger partial charge in [0, 0.05) is 18.8 Å². The molecule has 1 aromatic carbocycles. The molecule has 0 saturated heterocycles. The van der Waals surface area contributed by atoms with E-state index in [-0.39, 0.29) is 0 Å². The molecule has 4 nitrogen and oxygen atoms in total. The minimum Gasteiger partial charge on any atom is -0.331 e. The predicted molar refractivity (Wildman–Crippen MR) is 74.2 cm³/mol. The number of hydrogen-bond donors (Lipinski definition) is 0. The van der Waals surface area contributed by atoms with Crippen molar-refractivity contribution in [1.82, 2.24) is 19.5 Å². The van der Waals surface area contributed by atoms with E-state index in [1.54, 1.807) is 6.20 Å². The van der Waals surface area contributed by atoms with Gasteiger partial charge in [-0.15, -0.1) is 0 Å². The standard InChI is InChI=1S/C13H11BrN4/c1-8-16-11-7-9(3-4-12(11)18(8)2)10-5-6-15-13(14)17-10/h3-7H,1-2H3. The first-order valence-electron chi connectivity index (χ1n) is 5.57. The molecular formula is C13H11BrN4. The van der Waals surface area contributed by atoms with Gasteiger partial charge in [-0.25, -0.2) is 15.0 Å². The quantitative estimate of drug-likeness (QED) is 0.649. The van der Waals surface area contributed by atoms with Gasteiger partial charge in [0.2, 0.25) is 0 Å². The fourth-order valence-corrected chi connectivity index (χ4v) is 2.28. The Morgan fingerprint density at radius 3 is 2.78 bits per heavy atom. The minimum absolute atomic E-state index is 0.595. The fourth-order valence-electron chi connectivity index (χ4n) is 1.98. The van der Waals surface area contributed by atoms with Crippen LogP contribution in [0.5, 0.6) is 0 Å². The molecule has 0 aliphatic heterocycles. The number of aryl methyl sites for hydroxylation is 2. The van der Waals surface area contributed by atoms with Crippen LogP contribution in [0.25, 0.3) is 22.3 Å². The van der Waals surface area contributed by atoms with E-state index in [4.69, 9.17) is 0 Å². The van der Waals surface area contributed by atoms with Crippen molar-refractivity contribution in [2.45, 2.75) is 6.92 Å². The van der Waals surface area contributed by atoms with Crippen molar-refractivity contribution in [2.24, 2.45) is 7.05 Å². The Morgan fingerprint density at radius 1 is 1.17 bits per heavy atom. The van der Waals surface area contributed by atoms with Crippen LogP contribution in [-0.2, 0) is 7.05 Å². The Balaban J connectivity index is 2.19. The molecule has 18 heavy (non-hydrogen) atoms. The molecule has 0 N–H and O–H groups in total. The van der Waals surface area contributed by atoms with Crippen molar-refractivity contribution in [3.8, 4) is 11.3 Å². The molecule has 2 aromatic heterocycles. The molecule has 0 unspecified atom stereocenters. The van der Waals surface area contributed by atoms with E-state index in [9.17, 15) is 0 Å². The average Bonchev–Trinajstić information content (AvgIpc) is 2.65. The summed E-state index contributed by atoms with van der Waals surface area (Å²) in [6.07, 6.45) is 1.74. The number of fused-ring (bicyclic) bond motifs is 1. The van der Waals surface area contributed by atoms with Crippen LogP contribution in [-0.4, -0.2) is 19.5 Å². The number of halogens is 1. The predicted octanol–water partition coefficient (Wildman–Crippen LogP) is 3.10. The first-order chi connectivity index (χ1) is 8.65. The zero-order valence-corrected chi connectivity index (χ0v) is 11.6. The molecular weight excluding hydrogens is 292 g/mol. The van der Waals surface area contributed by atoms with Gasteiger partial charge >= 0.3 is 0 Å². The molecule has 3 rings (SSSR count). The SMILES string of the molecule is Cc1nc2cc(-c3ccnc(Br)n3)ccc2n1C. The zero-order chi connectivity index (χ0) is 12.7. The van der Waals surface area contributed by atoms with Crippen LogP contribution in [0.1, 0.15) is 5.82 Å². The molecule has 0 amide bonds. The Bertz CT molecular complexity index is 733. The Morgan fingerprint density at radius 2 is 2.00 bits per heavy atom. The first kappa shape index (κ1) is 11.3. The third kappa shape index (κ3) is 1.80. The number of rotatable bonds is 1. The number of benzene rings is 1. The smallest absolute Gasteiger partial charge is 0.197 e. The van der Waals surface area contributed by atoms with Crippen LogP contribution in [0.15, 0.2) is 35.2 Å². The molecule has 0 radical (unpaired) electrons. The molecule has 0 atom stereocenters. The van der Waals surface area contributed by atoms with Crippen LogP contribution in [0.2, 0.25) is 0 Å². The van der Waals surface area contributed by atoms with Gasteiger partial charge in [-0.05, 0) is 41.1 Å². The van der Waals surface area contributed by atoms with Crippen molar-refractivity contribution < 1.29 is 0 Å². The van der Waals surface area contributed by atoms with Gasteiger partial charge in [0.05, 0.1) is 16.7 Å². The summed E-state index contributed by atoms with van der Waals surface area (Å²) in [6, 6.07) is 8.07. The lowest BCUT2D eigenvalue weighted by Gasteiger charge is -2.01. The second-order valence-corrected chi connectivity index (χ2v) is 4.84. The van der Waals surface area contributed by atoms with E-state index >= 15 is 0 Å². The normalized spacial score (nSPS) is 11.1. The Kier molecular flexibility index (Phi) is 2.63. The van der Waals surface area contributed by atoms with Gasteiger partial charge in [0.1, 0.15) is 5.82 Å². The van der Waals surface area contributed by atoms with E-state index in [2.05, 4.69) is 53.6 Å². The molecule has 0 bridgehead atoms. The van der Waals surface area contributed by atoms with Crippen molar-refractivity contribution in [3.05, 3.63) is 41.0 Å². The second kappa shape index (κ2) is 4.17. The third-order valence-corrected chi connectivity index (χ3v) is 3.41. The summed E-state index contributed by atoms with van der Waals surface area (Å²) in [7, 11) is 2.02. The molecule has 5 heteroatoms. The van der Waals surface area contributed by atoms with E-state index < -0.39 is 0 Å². The summed E-state index contributed by atoms with van der Waals surface area (Å²) < 4.78 is 2.67. The van der Waals surface area contributed by atoms with Gasteiger partial charge in [-0.1, -0.05) is 6.07 Å². The highest BCUT2D eigenvalue weighted by atomic mass is 79.9. The molecule has 3 aromatic rings. The first-order valence-corrected chi connectivity index (χ1v) is 6.36. The highest BCUT2D eigenvalue weighted by Gasteiger charge is 2.07. The van der Waals surface area contributed by atoms with Crippen LogP contribution >= 0.6 is 15.9 Å². The number of nitrogens with zero attached hydrogens (tertiary/aromatic N) is 4. The largest absolute Gasteiger partial charge is 0.331 e. The maximum Gasteiger partial charge on any atom is 0.197 e. The van der Waals surface area contributed by atoms with Gasteiger partial charge in [-0.2, -0.15) is 0 Å². The molecule has 0 spiro atoms. The third-order valence-electron chi connectivity index (χ3n) is 3.03.